The molecule has 0 radical (unpaired) electrons. The zero-order chi connectivity index (χ0) is 18.4. The molecule has 3 aromatic carbocycles. The van der Waals surface area contributed by atoms with Gasteiger partial charge in [-0.1, -0.05) is 71.7 Å². The molecule has 1 unspecified atom stereocenters. The fourth-order valence-electron chi connectivity index (χ4n) is 3.69. The maximum absolute atomic E-state index is 6.48. The van der Waals surface area contributed by atoms with Gasteiger partial charge in [0.2, 0.25) is 0 Å². The Hall–Kier alpha value is -2.00. The van der Waals surface area contributed by atoms with Crippen LogP contribution in [0.4, 0.5) is 0 Å². The quantitative estimate of drug-likeness (QED) is 0.339. The highest BCUT2D eigenvalue weighted by Gasteiger charge is 2.30. The SMILES string of the molecule is Clc1ccc2nc3c(c(-c4ccccc4)c2c1)SC(c1ccccc1Cl)C3. The zero-order valence-corrected chi connectivity index (χ0v) is 16.7. The Bertz CT molecular complexity index is 1160. The van der Waals surface area contributed by atoms with E-state index in [2.05, 4.69) is 30.3 Å². The van der Waals surface area contributed by atoms with Gasteiger partial charge in [0.1, 0.15) is 0 Å². The van der Waals surface area contributed by atoms with Crippen molar-refractivity contribution in [1.82, 2.24) is 4.98 Å². The fourth-order valence-corrected chi connectivity index (χ4v) is 5.67. The summed E-state index contributed by atoms with van der Waals surface area (Å²) in [7, 11) is 0. The maximum Gasteiger partial charge on any atom is 0.0713 e. The van der Waals surface area contributed by atoms with Gasteiger partial charge in [0, 0.05) is 37.6 Å². The van der Waals surface area contributed by atoms with E-state index in [-0.39, 0.29) is 5.25 Å². The third-order valence-corrected chi connectivity index (χ3v) is 6.89. The van der Waals surface area contributed by atoms with Gasteiger partial charge in [-0.3, -0.25) is 4.98 Å². The van der Waals surface area contributed by atoms with E-state index in [0.29, 0.717) is 0 Å². The molecule has 4 heteroatoms. The normalized spacial score (nSPS) is 15.9. The summed E-state index contributed by atoms with van der Waals surface area (Å²) in [6, 6.07) is 24.5. The van der Waals surface area contributed by atoms with E-state index < -0.39 is 0 Å². The van der Waals surface area contributed by atoms with Gasteiger partial charge in [0.25, 0.3) is 0 Å². The van der Waals surface area contributed by atoms with Crippen molar-refractivity contribution in [3.63, 3.8) is 0 Å². The molecule has 0 aliphatic carbocycles. The number of aromatic nitrogens is 1. The first kappa shape index (κ1) is 17.1. The average Bonchev–Trinajstić information content (AvgIpc) is 3.10. The fraction of sp³-hybridized carbons (Fsp3) is 0.0870. The number of halogens is 2. The van der Waals surface area contributed by atoms with Gasteiger partial charge in [0.15, 0.2) is 0 Å². The Morgan fingerprint density at radius 3 is 2.48 bits per heavy atom. The number of benzene rings is 3. The summed E-state index contributed by atoms with van der Waals surface area (Å²) >= 11 is 14.7. The molecule has 1 nitrogen and oxygen atoms in total. The van der Waals surface area contributed by atoms with Crippen LogP contribution in [-0.2, 0) is 6.42 Å². The van der Waals surface area contributed by atoms with Gasteiger partial charge in [-0.25, -0.2) is 0 Å². The van der Waals surface area contributed by atoms with Gasteiger partial charge < -0.3 is 0 Å². The molecule has 5 rings (SSSR count). The first-order chi connectivity index (χ1) is 13.2. The monoisotopic (exact) mass is 407 g/mol. The van der Waals surface area contributed by atoms with E-state index in [0.717, 1.165) is 33.1 Å². The summed E-state index contributed by atoms with van der Waals surface area (Å²) in [6.45, 7) is 0. The first-order valence-electron chi connectivity index (χ1n) is 8.79. The molecular weight excluding hydrogens is 393 g/mol. The van der Waals surface area contributed by atoms with Crippen LogP contribution in [0.5, 0.6) is 0 Å². The van der Waals surface area contributed by atoms with E-state index in [9.17, 15) is 0 Å². The van der Waals surface area contributed by atoms with E-state index in [1.165, 1.54) is 21.6 Å². The molecule has 1 aliphatic rings. The number of pyridine rings is 1. The molecule has 1 aliphatic heterocycles. The van der Waals surface area contributed by atoms with Crippen LogP contribution in [0, 0.1) is 0 Å². The van der Waals surface area contributed by atoms with Crippen LogP contribution in [0.1, 0.15) is 16.5 Å². The van der Waals surface area contributed by atoms with E-state index in [1.54, 1.807) is 0 Å². The Morgan fingerprint density at radius 1 is 0.889 bits per heavy atom. The van der Waals surface area contributed by atoms with Crippen LogP contribution >= 0.6 is 35.0 Å². The minimum atomic E-state index is 0.274. The van der Waals surface area contributed by atoms with E-state index >= 15 is 0 Å². The highest BCUT2D eigenvalue weighted by Crippen LogP contribution is 2.52. The number of rotatable bonds is 2. The van der Waals surface area contributed by atoms with Crippen molar-refractivity contribution in [1.29, 1.82) is 0 Å². The Labute approximate surface area is 172 Å². The van der Waals surface area contributed by atoms with Crippen molar-refractivity contribution in [2.45, 2.75) is 16.6 Å². The molecule has 0 saturated heterocycles. The lowest BCUT2D eigenvalue weighted by atomic mass is 9.98. The summed E-state index contributed by atoms with van der Waals surface area (Å²) in [5.41, 5.74) is 5.70. The molecule has 1 atom stereocenters. The molecule has 0 spiro atoms. The van der Waals surface area contributed by atoms with Crippen LogP contribution in [0.15, 0.2) is 77.7 Å². The van der Waals surface area contributed by atoms with Crippen LogP contribution in [0.25, 0.3) is 22.0 Å². The van der Waals surface area contributed by atoms with E-state index in [1.807, 2.05) is 54.2 Å². The Kier molecular flexibility index (Phi) is 4.35. The molecule has 27 heavy (non-hydrogen) atoms. The summed E-state index contributed by atoms with van der Waals surface area (Å²) in [6.07, 6.45) is 0.877. The second-order valence-electron chi connectivity index (χ2n) is 6.62. The Balaban J connectivity index is 1.73. The van der Waals surface area contributed by atoms with Crippen LogP contribution in [0.2, 0.25) is 10.0 Å². The standard InChI is InChI=1S/C23H15Cl2NS/c24-15-10-11-19-17(12-15)22(14-6-2-1-3-7-14)23-20(26-19)13-21(27-23)16-8-4-5-9-18(16)25/h1-12,21H,13H2. The summed E-state index contributed by atoms with van der Waals surface area (Å²) in [5, 5.41) is 2.92. The third kappa shape index (κ3) is 3.02. The molecule has 4 aromatic rings. The highest BCUT2D eigenvalue weighted by atomic mass is 35.5. The predicted molar refractivity (Wildman–Crippen MR) is 116 cm³/mol. The molecule has 0 N–H and O–H groups in total. The molecule has 2 heterocycles. The lowest BCUT2D eigenvalue weighted by Gasteiger charge is -2.13. The minimum Gasteiger partial charge on any atom is -0.252 e. The second kappa shape index (κ2) is 6.87. The van der Waals surface area contributed by atoms with Gasteiger partial charge in [-0.15, -0.1) is 11.8 Å². The number of hydrogen-bond donors (Lipinski definition) is 0. The van der Waals surface area contributed by atoms with Gasteiger partial charge in [0.05, 0.1) is 11.2 Å². The van der Waals surface area contributed by atoms with Gasteiger partial charge in [-0.2, -0.15) is 0 Å². The topological polar surface area (TPSA) is 12.9 Å². The molecule has 0 fully saturated rings. The molecule has 0 amide bonds. The van der Waals surface area contributed by atoms with Crippen molar-refractivity contribution in [3.8, 4) is 11.1 Å². The summed E-state index contributed by atoms with van der Waals surface area (Å²) < 4.78 is 0. The van der Waals surface area contributed by atoms with E-state index in [4.69, 9.17) is 28.2 Å². The minimum absolute atomic E-state index is 0.274. The van der Waals surface area contributed by atoms with Crippen LogP contribution < -0.4 is 0 Å². The largest absolute Gasteiger partial charge is 0.252 e. The zero-order valence-electron chi connectivity index (χ0n) is 14.3. The summed E-state index contributed by atoms with van der Waals surface area (Å²) in [4.78, 5) is 6.20. The molecule has 0 bridgehead atoms. The smallest absolute Gasteiger partial charge is 0.0713 e. The summed E-state index contributed by atoms with van der Waals surface area (Å²) in [5.74, 6) is 0. The lowest BCUT2D eigenvalue weighted by Crippen LogP contribution is -1.96. The number of fused-ring (bicyclic) bond motifs is 2. The van der Waals surface area contributed by atoms with Gasteiger partial charge >= 0.3 is 0 Å². The van der Waals surface area contributed by atoms with Gasteiger partial charge in [-0.05, 0) is 35.4 Å². The van der Waals surface area contributed by atoms with Crippen LogP contribution in [-0.4, -0.2) is 4.98 Å². The Morgan fingerprint density at radius 2 is 1.67 bits per heavy atom. The van der Waals surface area contributed by atoms with Crippen molar-refractivity contribution in [2.75, 3.05) is 0 Å². The van der Waals surface area contributed by atoms with Crippen molar-refractivity contribution in [3.05, 3.63) is 94.1 Å². The van der Waals surface area contributed by atoms with Crippen molar-refractivity contribution < 1.29 is 0 Å². The first-order valence-corrected chi connectivity index (χ1v) is 10.4. The molecule has 1 aromatic heterocycles. The maximum atomic E-state index is 6.48. The van der Waals surface area contributed by atoms with Crippen molar-refractivity contribution >= 4 is 45.9 Å². The van der Waals surface area contributed by atoms with Crippen molar-refractivity contribution in [2.24, 2.45) is 0 Å². The average molecular weight is 408 g/mol. The second-order valence-corrected chi connectivity index (χ2v) is 8.68. The number of hydrogen-bond acceptors (Lipinski definition) is 2. The molecular formula is C23H15Cl2NS. The molecule has 0 saturated carbocycles. The predicted octanol–water partition coefficient (Wildman–Crippen LogP) is 7.60. The third-order valence-electron chi connectivity index (χ3n) is 4.93. The number of nitrogens with zero attached hydrogens (tertiary/aromatic N) is 1. The number of thioether (sulfide) groups is 1. The lowest BCUT2D eigenvalue weighted by molar-refractivity contribution is 0.912. The molecule has 132 valence electrons. The highest BCUT2D eigenvalue weighted by molar-refractivity contribution is 8.00. The van der Waals surface area contributed by atoms with Crippen LogP contribution in [0.3, 0.4) is 0 Å².